The van der Waals surface area contributed by atoms with Gasteiger partial charge < -0.3 is 0 Å². The van der Waals surface area contributed by atoms with Gasteiger partial charge >= 0.3 is 0 Å². The number of hydrogen-bond donors (Lipinski definition) is 0. The fourth-order valence-corrected chi connectivity index (χ4v) is 4.25. The Morgan fingerprint density at radius 1 is 1.00 bits per heavy atom. The van der Waals surface area contributed by atoms with Crippen LogP contribution in [0.15, 0.2) is 81.5 Å². The minimum atomic E-state index is 0.623. The molecule has 0 amide bonds. The van der Waals surface area contributed by atoms with Gasteiger partial charge in [-0.1, -0.05) is 29.8 Å². The molecule has 0 aliphatic carbocycles. The van der Waals surface area contributed by atoms with Crippen molar-refractivity contribution in [2.75, 3.05) is 0 Å². The number of halogens is 1. The average Bonchev–Trinajstić information content (AvgIpc) is 3.38. The van der Waals surface area contributed by atoms with Crippen molar-refractivity contribution in [3.8, 4) is 16.6 Å². The van der Waals surface area contributed by atoms with Gasteiger partial charge in [0.25, 0.3) is 0 Å². The van der Waals surface area contributed by atoms with Crippen LogP contribution in [0.4, 0.5) is 5.69 Å². The Kier molecular flexibility index (Phi) is 5.49. The summed E-state index contributed by atoms with van der Waals surface area (Å²) in [5.41, 5.74) is 3.33. The molecule has 0 atom stereocenters. The zero-order valence-electron chi connectivity index (χ0n) is 14.5. The number of rotatable bonds is 4. The number of nitriles is 1. The maximum atomic E-state index is 8.94. The normalized spacial score (nSPS) is 11.8. The molecule has 2 aromatic carbocycles. The van der Waals surface area contributed by atoms with Crippen molar-refractivity contribution in [3.05, 3.63) is 92.4 Å². The van der Waals surface area contributed by atoms with Gasteiger partial charge in [-0.05, 0) is 53.4 Å². The highest BCUT2D eigenvalue weighted by atomic mass is 35.5. The SMILES string of the molecule is N#Cc1ccc(C=Nn2c(-c3cccs3)csc2=Nc2ccc(Cl)cc2)cc1. The summed E-state index contributed by atoms with van der Waals surface area (Å²) in [5.74, 6) is 0. The third-order valence-electron chi connectivity index (χ3n) is 3.87. The smallest absolute Gasteiger partial charge is 0.211 e. The molecule has 0 radical (unpaired) electrons. The number of nitrogens with zero attached hydrogens (tertiary/aromatic N) is 4. The van der Waals surface area contributed by atoms with E-state index in [1.54, 1.807) is 29.7 Å². The molecule has 0 fully saturated rings. The van der Waals surface area contributed by atoms with Crippen molar-refractivity contribution in [2.24, 2.45) is 10.1 Å². The standard InChI is InChI=1S/C21H13ClN4S2/c22-17-7-9-18(10-8-17)25-21-26(19(14-28-21)20-2-1-11-27-20)24-13-16-5-3-15(12-23)4-6-16/h1-11,13-14H. The van der Waals surface area contributed by atoms with Crippen LogP contribution in [-0.2, 0) is 0 Å². The molecule has 7 heteroatoms. The van der Waals surface area contributed by atoms with Gasteiger partial charge in [0, 0.05) is 10.4 Å². The third kappa shape index (κ3) is 4.12. The van der Waals surface area contributed by atoms with Crippen LogP contribution in [-0.4, -0.2) is 10.9 Å². The van der Waals surface area contributed by atoms with E-state index in [0.717, 1.165) is 26.6 Å². The first-order chi connectivity index (χ1) is 13.7. The fourth-order valence-electron chi connectivity index (χ4n) is 2.48. The maximum Gasteiger partial charge on any atom is 0.211 e. The molecule has 28 heavy (non-hydrogen) atoms. The van der Waals surface area contributed by atoms with Crippen LogP contribution in [0.2, 0.25) is 5.02 Å². The average molecular weight is 421 g/mol. The van der Waals surface area contributed by atoms with E-state index < -0.39 is 0 Å². The van der Waals surface area contributed by atoms with E-state index in [9.17, 15) is 0 Å². The first-order valence-electron chi connectivity index (χ1n) is 8.32. The van der Waals surface area contributed by atoms with Gasteiger partial charge in [0.15, 0.2) is 0 Å². The first-order valence-corrected chi connectivity index (χ1v) is 10.5. The second-order valence-corrected chi connectivity index (χ2v) is 7.98. The number of aromatic nitrogens is 1. The van der Waals surface area contributed by atoms with Gasteiger partial charge in [0.2, 0.25) is 4.80 Å². The highest BCUT2D eigenvalue weighted by molar-refractivity contribution is 7.14. The molecule has 0 spiro atoms. The highest BCUT2D eigenvalue weighted by Gasteiger charge is 2.08. The van der Waals surface area contributed by atoms with E-state index in [2.05, 4.69) is 22.6 Å². The van der Waals surface area contributed by atoms with Gasteiger partial charge in [-0.25, -0.2) is 9.67 Å². The van der Waals surface area contributed by atoms with Crippen molar-refractivity contribution in [2.45, 2.75) is 0 Å². The molecule has 0 saturated carbocycles. The van der Waals surface area contributed by atoms with Crippen LogP contribution in [0.25, 0.3) is 10.6 Å². The van der Waals surface area contributed by atoms with Gasteiger partial charge in [0.1, 0.15) is 0 Å². The van der Waals surface area contributed by atoms with E-state index in [1.807, 2.05) is 52.5 Å². The molecule has 0 aliphatic heterocycles. The summed E-state index contributed by atoms with van der Waals surface area (Å²) in [7, 11) is 0. The van der Waals surface area contributed by atoms with Gasteiger partial charge in [-0.2, -0.15) is 10.4 Å². The highest BCUT2D eigenvalue weighted by Crippen LogP contribution is 2.25. The molecule has 0 N–H and O–H groups in total. The summed E-state index contributed by atoms with van der Waals surface area (Å²) >= 11 is 9.15. The second-order valence-electron chi connectivity index (χ2n) is 5.76. The molecular formula is C21H13ClN4S2. The lowest BCUT2D eigenvalue weighted by Gasteiger charge is -2.01. The number of thiophene rings is 1. The third-order valence-corrected chi connectivity index (χ3v) is 5.83. The largest absolute Gasteiger partial charge is 0.220 e. The maximum absolute atomic E-state index is 8.94. The van der Waals surface area contributed by atoms with Crippen LogP contribution in [0.3, 0.4) is 0 Å². The monoisotopic (exact) mass is 420 g/mol. The molecule has 0 aliphatic rings. The van der Waals surface area contributed by atoms with Crippen molar-refractivity contribution in [1.82, 2.24) is 4.68 Å². The Labute approximate surface area is 174 Å². The molecule has 4 rings (SSSR count). The summed E-state index contributed by atoms with van der Waals surface area (Å²) in [6, 6.07) is 20.9. The summed E-state index contributed by atoms with van der Waals surface area (Å²) in [6.07, 6.45) is 1.77. The van der Waals surface area contributed by atoms with E-state index in [1.165, 1.54) is 11.3 Å². The summed E-state index contributed by atoms with van der Waals surface area (Å²) < 4.78 is 1.84. The zero-order chi connectivity index (χ0) is 19.3. The summed E-state index contributed by atoms with van der Waals surface area (Å²) in [5, 5.41) is 18.4. The Morgan fingerprint density at radius 3 is 2.46 bits per heavy atom. The summed E-state index contributed by atoms with van der Waals surface area (Å²) in [6.45, 7) is 0. The molecule has 4 aromatic rings. The van der Waals surface area contributed by atoms with Crippen molar-refractivity contribution in [3.63, 3.8) is 0 Å². The van der Waals surface area contributed by atoms with Crippen LogP contribution < -0.4 is 4.80 Å². The molecular weight excluding hydrogens is 408 g/mol. The fraction of sp³-hybridized carbons (Fsp3) is 0. The molecule has 2 aromatic heterocycles. The lowest BCUT2D eigenvalue weighted by atomic mass is 10.2. The van der Waals surface area contributed by atoms with Gasteiger partial charge in [0.05, 0.1) is 34.1 Å². The Morgan fingerprint density at radius 2 is 1.79 bits per heavy atom. The van der Waals surface area contributed by atoms with Crippen LogP contribution in [0.1, 0.15) is 11.1 Å². The van der Waals surface area contributed by atoms with Crippen molar-refractivity contribution < 1.29 is 0 Å². The molecule has 2 heterocycles. The van der Waals surface area contributed by atoms with E-state index in [-0.39, 0.29) is 0 Å². The van der Waals surface area contributed by atoms with E-state index >= 15 is 0 Å². The second kappa shape index (κ2) is 8.36. The van der Waals surface area contributed by atoms with Gasteiger partial charge in [-0.15, -0.1) is 22.7 Å². The Hall–Kier alpha value is -2.98. The first kappa shape index (κ1) is 18.4. The zero-order valence-corrected chi connectivity index (χ0v) is 16.9. The van der Waals surface area contributed by atoms with E-state index in [4.69, 9.17) is 21.9 Å². The molecule has 0 saturated heterocycles. The van der Waals surface area contributed by atoms with E-state index in [0.29, 0.717) is 10.6 Å². The Balaban J connectivity index is 1.78. The minimum Gasteiger partial charge on any atom is -0.220 e. The van der Waals surface area contributed by atoms with Crippen LogP contribution in [0, 0.1) is 11.3 Å². The van der Waals surface area contributed by atoms with Crippen LogP contribution in [0.5, 0.6) is 0 Å². The summed E-state index contributed by atoms with van der Waals surface area (Å²) in [4.78, 5) is 6.60. The number of benzene rings is 2. The van der Waals surface area contributed by atoms with Crippen LogP contribution >= 0.6 is 34.3 Å². The quantitative estimate of drug-likeness (QED) is 0.378. The topological polar surface area (TPSA) is 53.4 Å². The molecule has 0 bridgehead atoms. The molecule has 136 valence electrons. The molecule has 4 nitrogen and oxygen atoms in total. The van der Waals surface area contributed by atoms with Crippen molar-refractivity contribution in [1.29, 1.82) is 5.26 Å². The van der Waals surface area contributed by atoms with Gasteiger partial charge in [-0.3, -0.25) is 0 Å². The minimum absolute atomic E-state index is 0.623. The Bertz CT molecular complexity index is 1210. The number of hydrogen-bond acceptors (Lipinski definition) is 5. The lowest BCUT2D eigenvalue weighted by Crippen LogP contribution is -2.11. The predicted octanol–water partition coefficient (Wildman–Crippen LogP) is 5.92. The lowest BCUT2D eigenvalue weighted by molar-refractivity contribution is 0.856. The number of thiazole rings is 1. The predicted molar refractivity (Wildman–Crippen MR) is 116 cm³/mol. The molecule has 0 unspecified atom stereocenters. The van der Waals surface area contributed by atoms with Crippen molar-refractivity contribution >= 4 is 46.2 Å².